The maximum Gasteiger partial charge on any atom is 0.136 e. The van der Waals surface area contributed by atoms with Gasteiger partial charge in [0, 0.05) is 10.8 Å². The van der Waals surface area contributed by atoms with Gasteiger partial charge < -0.3 is 4.42 Å². The molecule has 10 aromatic carbocycles. The predicted molar refractivity (Wildman–Crippen MR) is 250 cm³/mol. The Labute approximate surface area is 337 Å². The number of hydrogen-bond donors (Lipinski definition) is 0. The first kappa shape index (κ1) is 33.8. The van der Waals surface area contributed by atoms with Crippen LogP contribution in [0.15, 0.2) is 199 Å². The molecule has 0 radical (unpaired) electrons. The number of hydrogen-bond acceptors (Lipinski definition) is 1. The average molecular weight is 739 g/mol. The van der Waals surface area contributed by atoms with Gasteiger partial charge in [0.15, 0.2) is 0 Å². The lowest BCUT2D eigenvalue weighted by molar-refractivity contribution is 0.669. The van der Waals surface area contributed by atoms with Crippen LogP contribution in [0.2, 0.25) is 0 Å². The highest BCUT2D eigenvalue weighted by molar-refractivity contribution is 6.27. The van der Waals surface area contributed by atoms with E-state index in [9.17, 15) is 0 Å². The summed E-state index contributed by atoms with van der Waals surface area (Å²) in [4.78, 5) is 0. The van der Waals surface area contributed by atoms with Crippen LogP contribution < -0.4 is 0 Å². The molecular weight excluding hydrogens is 701 g/mol. The van der Waals surface area contributed by atoms with Crippen LogP contribution in [0.25, 0.3) is 122 Å². The summed E-state index contributed by atoms with van der Waals surface area (Å²) in [7, 11) is 0. The van der Waals surface area contributed by atoms with E-state index in [1.807, 2.05) is 6.08 Å². The first-order valence-corrected chi connectivity index (χ1v) is 20.0. The lowest BCUT2D eigenvalue weighted by Gasteiger charge is -2.20. The van der Waals surface area contributed by atoms with Crippen molar-refractivity contribution in [3.63, 3.8) is 0 Å². The minimum absolute atomic E-state index is 0.877. The van der Waals surface area contributed by atoms with E-state index in [0.717, 1.165) is 38.6 Å². The van der Waals surface area contributed by atoms with Crippen molar-refractivity contribution in [2.24, 2.45) is 0 Å². The van der Waals surface area contributed by atoms with Gasteiger partial charge in [-0.1, -0.05) is 189 Å². The molecule has 1 heteroatoms. The molecule has 0 unspecified atom stereocenters. The molecule has 0 aliphatic carbocycles. The van der Waals surface area contributed by atoms with Crippen LogP contribution in [0.5, 0.6) is 0 Å². The van der Waals surface area contributed by atoms with Gasteiger partial charge in [-0.05, 0) is 124 Å². The molecule has 0 atom stereocenters. The van der Waals surface area contributed by atoms with Crippen molar-refractivity contribution in [3.8, 4) is 44.5 Å². The zero-order chi connectivity index (χ0) is 38.7. The van der Waals surface area contributed by atoms with Crippen LogP contribution in [0.1, 0.15) is 18.1 Å². The van der Waals surface area contributed by atoms with Crippen molar-refractivity contribution in [2.75, 3.05) is 0 Å². The Bertz CT molecular complexity index is 3360. The van der Waals surface area contributed by atoms with E-state index >= 15 is 0 Å². The summed E-state index contributed by atoms with van der Waals surface area (Å²) < 4.78 is 6.72. The summed E-state index contributed by atoms with van der Waals surface area (Å²) in [5, 5.41) is 12.0. The summed E-state index contributed by atoms with van der Waals surface area (Å²) in [5.41, 5.74) is 13.7. The van der Waals surface area contributed by atoms with Gasteiger partial charge in [0.05, 0.1) is 0 Å². The van der Waals surface area contributed by atoms with E-state index < -0.39 is 0 Å². The minimum atomic E-state index is 0.877. The highest BCUT2D eigenvalue weighted by Crippen LogP contribution is 2.49. The number of furan rings is 1. The topological polar surface area (TPSA) is 13.1 Å². The second-order valence-electron chi connectivity index (χ2n) is 15.1. The Morgan fingerprint density at radius 1 is 0.397 bits per heavy atom. The van der Waals surface area contributed by atoms with Gasteiger partial charge in [0.2, 0.25) is 0 Å². The van der Waals surface area contributed by atoms with Gasteiger partial charge in [-0.3, -0.25) is 0 Å². The maximum atomic E-state index is 6.72. The predicted octanol–water partition coefficient (Wildman–Crippen LogP) is 16.5. The fraction of sp³-hybridized carbons (Fsp3) is 0.0175. The van der Waals surface area contributed by atoms with E-state index in [4.69, 9.17) is 4.42 Å². The second kappa shape index (κ2) is 13.6. The van der Waals surface area contributed by atoms with Crippen LogP contribution >= 0.6 is 0 Å². The summed E-state index contributed by atoms with van der Waals surface area (Å²) in [6.07, 6.45) is 6.26. The normalized spacial score (nSPS) is 11.9. The Hall–Kier alpha value is -7.48. The van der Waals surface area contributed by atoms with Gasteiger partial charge in [0.25, 0.3) is 0 Å². The molecule has 1 heterocycles. The van der Waals surface area contributed by atoms with Gasteiger partial charge in [-0.15, -0.1) is 0 Å². The Morgan fingerprint density at radius 3 is 1.43 bits per heavy atom. The maximum absolute atomic E-state index is 6.72. The minimum Gasteiger partial charge on any atom is -0.456 e. The molecule has 0 bridgehead atoms. The highest BCUT2D eigenvalue weighted by atomic mass is 16.3. The molecule has 272 valence electrons. The third kappa shape index (κ3) is 5.10. The zero-order valence-corrected chi connectivity index (χ0v) is 32.2. The Kier molecular flexibility index (Phi) is 7.94. The van der Waals surface area contributed by atoms with E-state index in [1.165, 1.54) is 82.0 Å². The van der Waals surface area contributed by atoms with Gasteiger partial charge in [-0.25, -0.2) is 0 Å². The molecule has 1 aromatic heterocycles. The molecule has 0 fully saturated rings. The average Bonchev–Trinajstić information content (AvgIpc) is 3.66. The zero-order valence-electron chi connectivity index (χ0n) is 32.2. The molecule has 0 saturated carbocycles. The molecule has 0 spiro atoms. The second-order valence-corrected chi connectivity index (χ2v) is 15.1. The SMILES string of the molecule is C=Cc1c(/C=C\C)cccc1-c1c2ccccc2c(-c2cccc3oc4ccc(-c5c6ccccc6c(-c6ccccc6)c6ccccc56)cc4c23)c2ccccc12. The van der Waals surface area contributed by atoms with Crippen LogP contribution in [0.3, 0.4) is 0 Å². The third-order valence-corrected chi connectivity index (χ3v) is 11.9. The number of rotatable bonds is 6. The summed E-state index contributed by atoms with van der Waals surface area (Å²) >= 11 is 0. The molecule has 0 amide bonds. The molecular formula is C57H38O. The summed E-state index contributed by atoms with van der Waals surface area (Å²) in [5.74, 6) is 0. The van der Waals surface area contributed by atoms with E-state index in [0.29, 0.717) is 0 Å². The Morgan fingerprint density at radius 2 is 0.879 bits per heavy atom. The van der Waals surface area contributed by atoms with Crippen molar-refractivity contribution in [1.82, 2.24) is 0 Å². The largest absolute Gasteiger partial charge is 0.456 e. The Balaban J connectivity index is 1.21. The fourth-order valence-corrected chi connectivity index (χ4v) is 9.61. The number of fused-ring (bicyclic) bond motifs is 7. The molecule has 58 heavy (non-hydrogen) atoms. The van der Waals surface area contributed by atoms with E-state index in [1.54, 1.807) is 0 Å². The lowest BCUT2D eigenvalue weighted by Crippen LogP contribution is -1.94. The quantitative estimate of drug-likeness (QED) is 0.155. The van der Waals surface area contributed by atoms with Gasteiger partial charge >= 0.3 is 0 Å². The summed E-state index contributed by atoms with van der Waals surface area (Å²) in [6.45, 7) is 6.34. The molecule has 1 nitrogen and oxygen atoms in total. The standard InChI is InChI=1S/C57H38O/c1-3-18-36-21-16-30-40(39(36)4-2)55-45-26-12-14-28-47(45)56(48-29-15-13-27-46(48)55)49-31-17-32-52-57(49)50-35-38(33-34-51(50)58-52)54-43-24-10-8-22-41(43)53(37-19-6-5-7-20-37)42-23-9-11-25-44(42)54/h3-35H,2H2,1H3/b18-3-. The van der Waals surface area contributed by atoms with E-state index in [2.05, 4.69) is 208 Å². The van der Waals surface area contributed by atoms with Crippen molar-refractivity contribution < 1.29 is 4.42 Å². The van der Waals surface area contributed by atoms with Crippen LogP contribution in [-0.2, 0) is 0 Å². The molecule has 0 aliphatic heterocycles. The summed E-state index contributed by atoms with van der Waals surface area (Å²) in [6, 6.07) is 66.1. The monoisotopic (exact) mass is 738 g/mol. The first-order chi connectivity index (χ1) is 28.7. The number of allylic oxidation sites excluding steroid dienone is 1. The van der Waals surface area contributed by atoms with Gasteiger partial charge in [-0.2, -0.15) is 0 Å². The van der Waals surface area contributed by atoms with Crippen molar-refractivity contribution in [3.05, 3.63) is 206 Å². The first-order valence-electron chi connectivity index (χ1n) is 20.0. The van der Waals surface area contributed by atoms with Gasteiger partial charge in [0.1, 0.15) is 11.2 Å². The molecule has 0 N–H and O–H groups in total. The third-order valence-electron chi connectivity index (χ3n) is 11.9. The smallest absolute Gasteiger partial charge is 0.136 e. The molecule has 0 aliphatic rings. The highest BCUT2D eigenvalue weighted by Gasteiger charge is 2.23. The van der Waals surface area contributed by atoms with Crippen LogP contribution in [0, 0.1) is 0 Å². The lowest BCUT2D eigenvalue weighted by atomic mass is 9.83. The molecule has 0 saturated heterocycles. The fourth-order valence-electron chi connectivity index (χ4n) is 9.61. The van der Waals surface area contributed by atoms with Crippen LogP contribution in [0.4, 0.5) is 0 Å². The number of benzene rings is 10. The molecule has 11 aromatic rings. The van der Waals surface area contributed by atoms with Crippen molar-refractivity contribution in [2.45, 2.75) is 6.92 Å². The van der Waals surface area contributed by atoms with Crippen LogP contribution in [-0.4, -0.2) is 0 Å². The molecule has 11 rings (SSSR count). The van der Waals surface area contributed by atoms with Crippen molar-refractivity contribution >= 4 is 77.2 Å². The van der Waals surface area contributed by atoms with E-state index in [-0.39, 0.29) is 0 Å². The van der Waals surface area contributed by atoms with Crippen molar-refractivity contribution in [1.29, 1.82) is 0 Å².